The molecule has 2 aliphatic carbocycles. The van der Waals surface area contributed by atoms with Gasteiger partial charge in [0.05, 0.1) is 29.5 Å². The van der Waals surface area contributed by atoms with Gasteiger partial charge in [-0.3, -0.25) is 14.6 Å². The topological polar surface area (TPSA) is 177 Å². The van der Waals surface area contributed by atoms with Crippen LogP contribution in [0, 0.1) is 5.41 Å². The van der Waals surface area contributed by atoms with Crippen molar-refractivity contribution in [2.75, 3.05) is 0 Å². The number of hydrogen-bond acceptors (Lipinski definition) is 6. The fraction of sp³-hybridized carbons (Fsp3) is 0.429. The quantitative estimate of drug-likeness (QED) is 0.321. The Labute approximate surface area is 209 Å². The van der Waals surface area contributed by atoms with E-state index in [4.69, 9.17) is 25.5 Å². The lowest BCUT2D eigenvalue weighted by molar-refractivity contribution is -0.193. The van der Waals surface area contributed by atoms with Crippen LogP contribution in [-0.4, -0.2) is 60.9 Å². The largest absolute Gasteiger partial charge is 0.490 e. The Morgan fingerprint density at radius 3 is 1.74 bits per heavy atom. The van der Waals surface area contributed by atoms with Crippen LogP contribution in [0.1, 0.15) is 31.4 Å². The molecular formula is C21H21F6N5O6. The Morgan fingerprint density at radius 1 is 0.947 bits per heavy atom. The number of amides is 2. The van der Waals surface area contributed by atoms with E-state index in [1.807, 2.05) is 23.7 Å². The van der Waals surface area contributed by atoms with Gasteiger partial charge in [-0.1, -0.05) is 0 Å². The zero-order valence-electron chi connectivity index (χ0n) is 19.4. The maximum atomic E-state index is 12.4. The van der Waals surface area contributed by atoms with Crippen molar-refractivity contribution in [1.82, 2.24) is 19.9 Å². The number of rotatable bonds is 5. The van der Waals surface area contributed by atoms with E-state index in [-0.39, 0.29) is 5.91 Å². The number of nitrogens with one attached hydrogen (secondary N) is 1. The van der Waals surface area contributed by atoms with Gasteiger partial charge in [0.25, 0.3) is 0 Å². The molecule has 2 heterocycles. The first-order valence-electron chi connectivity index (χ1n) is 10.5. The fourth-order valence-electron chi connectivity index (χ4n) is 3.08. The Bertz CT molecular complexity index is 1180. The molecule has 2 amide bonds. The minimum atomic E-state index is -5.08. The SMILES string of the molecule is Cn1cncc1-c1ccc(C2(NC(=O)C3(C(N)=O)CC3)CC2)nc1.O=C(O)C(F)(F)F.O=C(O)C(F)(F)F. The number of nitrogens with two attached hydrogens (primary N) is 1. The number of primary amides is 1. The number of carboxylic acids is 2. The van der Waals surface area contributed by atoms with Gasteiger partial charge >= 0.3 is 24.3 Å². The average molecular weight is 553 g/mol. The standard InChI is InChI=1S/C17H19N5O2.2C2HF3O2/c1-22-10-19-9-12(22)11-2-3-13(20-8-11)17(6-7-17)21-15(24)16(4-5-16)14(18)23;2*3-2(4,5)1(6)7/h2-3,8-10H,4-7H2,1H3,(H2,18,23)(H,21,24);2*(H,6,7). The lowest BCUT2D eigenvalue weighted by Crippen LogP contribution is -2.45. The van der Waals surface area contributed by atoms with Crippen molar-refractivity contribution in [3.63, 3.8) is 0 Å². The molecule has 2 fully saturated rings. The summed E-state index contributed by atoms with van der Waals surface area (Å²) in [5, 5.41) is 17.3. The van der Waals surface area contributed by atoms with Crippen molar-refractivity contribution >= 4 is 23.8 Å². The Hall–Kier alpha value is -4.18. The van der Waals surface area contributed by atoms with Crippen molar-refractivity contribution in [1.29, 1.82) is 0 Å². The fourth-order valence-corrected chi connectivity index (χ4v) is 3.08. The van der Waals surface area contributed by atoms with Gasteiger partial charge in [0.1, 0.15) is 5.41 Å². The van der Waals surface area contributed by atoms with Gasteiger partial charge in [0, 0.05) is 18.8 Å². The van der Waals surface area contributed by atoms with E-state index in [1.54, 1.807) is 18.7 Å². The Morgan fingerprint density at radius 2 is 1.45 bits per heavy atom. The van der Waals surface area contributed by atoms with Gasteiger partial charge in [0.2, 0.25) is 11.8 Å². The first-order chi connectivity index (χ1) is 17.4. The van der Waals surface area contributed by atoms with E-state index in [0.717, 1.165) is 29.8 Å². The third-order valence-electron chi connectivity index (χ3n) is 5.61. The number of aromatic nitrogens is 3. The van der Waals surface area contributed by atoms with Crippen molar-refractivity contribution in [2.45, 2.75) is 43.6 Å². The summed E-state index contributed by atoms with van der Waals surface area (Å²) in [6.07, 6.45) is -2.12. The highest BCUT2D eigenvalue weighted by atomic mass is 19.4. The molecule has 208 valence electrons. The summed E-state index contributed by atoms with van der Waals surface area (Å²) in [5.41, 5.74) is 6.70. The highest BCUT2D eigenvalue weighted by Crippen LogP contribution is 2.50. The second-order valence-electron chi connectivity index (χ2n) is 8.41. The maximum Gasteiger partial charge on any atom is 0.490 e. The molecule has 2 aromatic heterocycles. The molecule has 2 aliphatic rings. The summed E-state index contributed by atoms with van der Waals surface area (Å²) in [5.74, 6) is -6.31. The van der Waals surface area contributed by atoms with Gasteiger partial charge < -0.3 is 25.8 Å². The zero-order valence-corrected chi connectivity index (χ0v) is 19.4. The minimum Gasteiger partial charge on any atom is -0.475 e. The molecule has 0 atom stereocenters. The molecule has 0 saturated heterocycles. The summed E-state index contributed by atoms with van der Waals surface area (Å²) >= 11 is 0. The second kappa shape index (κ2) is 10.7. The van der Waals surface area contributed by atoms with Crippen LogP contribution in [0.2, 0.25) is 0 Å². The molecule has 38 heavy (non-hydrogen) atoms. The van der Waals surface area contributed by atoms with E-state index >= 15 is 0 Å². The first kappa shape index (κ1) is 30.0. The molecule has 0 radical (unpaired) electrons. The van der Waals surface area contributed by atoms with Gasteiger partial charge in [-0.2, -0.15) is 26.3 Å². The average Bonchev–Trinajstić information content (AvgIpc) is 3.72. The summed E-state index contributed by atoms with van der Waals surface area (Å²) in [6.45, 7) is 0. The molecule has 2 saturated carbocycles. The third-order valence-corrected chi connectivity index (χ3v) is 5.61. The highest BCUT2D eigenvalue weighted by molar-refractivity contribution is 6.07. The van der Waals surface area contributed by atoms with E-state index < -0.39 is 41.2 Å². The molecule has 11 nitrogen and oxygen atoms in total. The smallest absolute Gasteiger partial charge is 0.475 e. The normalized spacial score (nSPS) is 16.5. The van der Waals surface area contributed by atoms with Crippen LogP contribution >= 0.6 is 0 Å². The third kappa shape index (κ3) is 7.19. The number of alkyl halides is 6. The number of hydrogen-bond donors (Lipinski definition) is 4. The monoisotopic (exact) mass is 553 g/mol. The van der Waals surface area contributed by atoms with Crippen LogP contribution in [0.15, 0.2) is 30.9 Å². The van der Waals surface area contributed by atoms with Crippen LogP contribution < -0.4 is 11.1 Å². The number of aryl methyl sites for hydroxylation is 1. The zero-order chi connectivity index (χ0) is 29.1. The number of halogens is 6. The minimum absolute atomic E-state index is 0.259. The van der Waals surface area contributed by atoms with E-state index in [9.17, 15) is 35.9 Å². The molecule has 5 N–H and O–H groups in total. The van der Waals surface area contributed by atoms with Gasteiger partial charge in [-0.15, -0.1) is 0 Å². The second-order valence-corrected chi connectivity index (χ2v) is 8.41. The van der Waals surface area contributed by atoms with Crippen molar-refractivity contribution in [3.8, 4) is 11.3 Å². The summed E-state index contributed by atoms with van der Waals surface area (Å²) in [6, 6.07) is 3.91. The molecule has 4 rings (SSSR count). The molecule has 2 aromatic rings. The molecular weight excluding hydrogens is 532 g/mol. The van der Waals surface area contributed by atoms with E-state index in [1.165, 1.54) is 0 Å². The lowest BCUT2D eigenvalue weighted by atomic mass is 10.0. The summed E-state index contributed by atoms with van der Waals surface area (Å²) in [4.78, 5) is 50.4. The van der Waals surface area contributed by atoms with Crippen LogP contribution in [0.5, 0.6) is 0 Å². The summed E-state index contributed by atoms with van der Waals surface area (Å²) in [7, 11) is 1.93. The predicted molar refractivity (Wildman–Crippen MR) is 114 cm³/mol. The molecule has 0 spiro atoms. The number of carbonyl (C=O) groups is 4. The molecule has 0 bridgehead atoms. The number of nitrogens with zero attached hydrogens (tertiary/aromatic N) is 3. The number of carboxylic acid groups (broad SMARTS) is 2. The van der Waals surface area contributed by atoms with Gasteiger partial charge in [-0.05, 0) is 37.8 Å². The van der Waals surface area contributed by atoms with E-state index in [0.29, 0.717) is 12.8 Å². The summed E-state index contributed by atoms with van der Waals surface area (Å²) < 4.78 is 65.4. The van der Waals surface area contributed by atoms with E-state index in [2.05, 4.69) is 15.3 Å². The van der Waals surface area contributed by atoms with Crippen molar-refractivity contribution < 1.29 is 55.7 Å². The van der Waals surface area contributed by atoms with Gasteiger partial charge in [0.15, 0.2) is 0 Å². The maximum absolute atomic E-state index is 12.4. The Balaban J connectivity index is 0.000000301. The number of pyridine rings is 1. The van der Waals surface area contributed by atoms with Crippen LogP contribution in [0.3, 0.4) is 0 Å². The van der Waals surface area contributed by atoms with Crippen LogP contribution in [0.25, 0.3) is 11.3 Å². The molecule has 0 aliphatic heterocycles. The lowest BCUT2D eigenvalue weighted by Gasteiger charge is -2.20. The van der Waals surface area contributed by atoms with Crippen molar-refractivity contribution in [2.24, 2.45) is 18.2 Å². The highest BCUT2D eigenvalue weighted by Gasteiger charge is 2.59. The molecule has 0 aromatic carbocycles. The number of aliphatic carboxylic acids is 2. The first-order valence-corrected chi connectivity index (χ1v) is 10.5. The van der Waals surface area contributed by atoms with Gasteiger partial charge in [-0.25, -0.2) is 14.6 Å². The number of carbonyl (C=O) groups excluding carboxylic acids is 2. The predicted octanol–water partition coefficient (Wildman–Crippen LogP) is 2.12. The van der Waals surface area contributed by atoms with Crippen LogP contribution in [-0.2, 0) is 31.8 Å². The molecule has 17 heteroatoms. The molecule has 0 unspecified atom stereocenters. The van der Waals surface area contributed by atoms with Crippen LogP contribution in [0.4, 0.5) is 26.3 Å². The Kier molecular flexibility index (Phi) is 8.43. The number of imidazole rings is 1. The van der Waals surface area contributed by atoms with Crippen molar-refractivity contribution in [3.05, 3.63) is 36.5 Å².